The minimum absolute atomic E-state index is 0.0223. The standard InChI is InChI=1S/C13H12N4O3/c14-5-9-2-1-8(3-11(9)18)6-15-13(20)10-4-12(19)17-7-16-10/h1-5,7,14,18H,6H2,(H,15,20)(H,16,17,19). The predicted molar refractivity (Wildman–Crippen MR) is 72.0 cm³/mol. The highest BCUT2D eigenvalue weighted by atomic mass is 16.3. The van der Waals surface area contributed by atoms with Crippen molar-refractivity contribution in [1.29, 1.82) is 5.41 Å². The summed E-state index contributed by atoms with van der Waals surface area (Å²) in [7, 11) is 0. The number of H-pyrrole nitrogens is 1. The molecular formula is C13H12N4O3. The first-order valence-electron chi connectivity index (χ1n) is 5.75. The van der Waals surface area contributed by atoms with Crippen molar-refractivity contribution in [3.63, 3.8) is 0 Å². The third kappa shape index (κ3) is 3.08. The minimum Gasteiger partial charge on any atom is -0.507 e. The lowest BCUT2D eigenvalue weighted by molar-refractivity contribution is 0.0945. The molecule has 2 rings (SSSR count). The SMILES string of the molecule is N=Cc1ccc(CNC(=O)c2cc(=O)[nH]cn2)cc1O. The molecule has 0 fully saturated rings. The molecule has 2 aromatic rings. The molecule has 1 heterocycles. The molecule has 0 aliphatic carbocycles. The number of hydrogen-bond donors (Lipinski definition) is 4. The van der Waals surface area contributed by atoms with Crippen molar-refractivity contribution in [3.05, 3.63) is 57.8 Å². The highest BCUT2D eigenvalue weighted by Gasteiger charge is 2.08. The summed E-state index contributed by atoms with van der Waals surface area (Å²) in [5, 5.41) is 19.2. The number of aromatic nitrogens is 2. The van der Waals surface area contributed by atoms with Gasteiger partial charge in [-0.15, -0.1) is 0 Å². The number of rotatable bonds is 4. The number of nitrogens with one attached hydrogen (secondary N) is 3. The number of nitrogens with zero attached hydrogens (tertiary/aromatic N) is 1. The van der Waals surface area contributed by atoms with Gasteiger partial charge in [0.2, 0.25) is 0 Å². The number of carbonyl (C=O) groups excluding carboxylic acids is 1. The molecule has 1 amide bonds. The number of aromatic hydroxyl groups is 1. The summed E-state index contributed by atoms with van der Waals surface area (Å²) < 4.78 is 0. The molecule has 102 valence electrons. The number of phenols is 1. The maximum absolute atomic E-state index is 11.8. The predicted octanol–water partition coefficient (Wildman–Crippen LogP) is 0.403. The Morgan fingerprint density at radius 1 is 1.45 bits per heavy atom. The maximum Gasteiger partial charge on any atom is 0.270 e. The zero-order valence-corrected chi connectivity index (χ0v) is 10.4. The molecule has 0 saturated carbocycles. The molecule has 0 bridgehead atoms. The first-order valence-corrected chi connectivity index (χ1v) is 5.75. The van der Waals surface area contributed by atoms with Crippen molar-refractivity contribution in [2.45, 2.75) is 6.54 Å². The molecule has 7 heteroatoms. The lowest BCUT2D eigenvalue weighted by atomic mass is 10.1. The summed E-state index contributed by atoms with van der Waals surface area (Å²) in [6.45, 7) is 0.180. The first kappa shape index (κ1) is 13.5. The van der Waals surface area contributed by atoms with E-state index in [0.29, 0.717) is 11.1 Å². The molecule has 0 aliphatic heterocycles. The van der Waals surface area contributed by atoms with Gasteiger partial charge in [0.25, 0.3) is 11.5 Å². The van der Waals surface area contributed by atoms with E-state index in [4.69, 9.17) is 5.41 Å². The molecule has 1 aromatic heterocycles. The second-order valence-electron chi connectivity index (χ2n) is 4.02. The van der Waals surface area contributed by atoms with E-state index in [0.717, 1.165) is 18.6 Å². The lowest BCUT2D eigenvalue weighted by Gasteiger charge is -2.06. The molecule has 1 aromatic carbocycles. The molecule has 7 nitrogen and oxygen atoms in total. The first-order chi connectivity index (χ1) is 9.60. The summed E-state index contributed by atoms with van der Waals surface area (Å²) in [6.07, 6.45) is 2.19. The maximum atomic E-state index is 11.8. The number of benzene rings is 1. The van der Waals surface area contributed by atoms with Crippen LogP contribution in [0.4, 0.5) is 0 Å². The van der Waals surface area contributed by atoms with Crippen LogP contribution in [0.1, 0.15) is 21.6 Å². The third-order valence-corrected chi connectivity index (χ3v) is 2.61. The Labute approximate surface area is 113 Å². The second-order valence-corrected chi connectivity index (χ2v) is 4.02. The van der Waals surface area contributed by atoms with Crippen LogP contribution in [-0.4, -0.2) is 27.2 Å². The second kappa shape index (κ2) is 5.79. The summed E-state index contributed by atoms with van der Waals surface area (Å²) in [5.74, 6) is -0.507. The van der Waals surface area contributed by atoms with Gasteiger partial charge < -0.3 is 20.8 Å². The normalized spacial score (nSPS) is 10.0. The number of hydrogen-bond acceptors (Lipinski definition) is 5. The fourth-order valence-electron chi connectivity index (χ4n) is 1.59. The van der Waals surface area contributed by atoms with E-state index in [1.54, 1.807) is 12.1 Å². The van der Waals surface area contributed by atoms with Crippen molar-refractivity contribution >= 4 is 12.1 Å². The van der Waals surface area contributed by atoms with Gasteiger partial charge in [-0.05, 0) is 17.7 Å². The van der Waals surface area contributed by atoms with Gasteiger partial charge in [0.05, 0.1) is 6.33 Å². The zero-order chi connectivity index (χ0) is 14.5. The van der Waals surface area contributed by atoms with Gasteiger partial charge in [-0.25, -0.2) is 4.98 Å². The molecule has 0 radical (unpaired) electrons. The highest BCUT2D eigenvalue weighted by Crippen LogP contribution is 2.16. The highest BCUT2D eigenvalue weighted by molar-refractivity contribution is 5.92. The van der Waals surface area contributed by atoms with Crippen LogP contribution in [0.5, 0.6) is 5.75 Å². The van der Waals surface area contributed by atoms with E-state index >= 15 is 0 Å². The van der Waals surface area contributed by atoms with E-state index in [1.807, 2.05) is 0 Å². The Bertz CT molecular complexity index is 709. The van der Waals surface area contributed by atoms with Crippen LogP contribution in [-0.2, 0) is 6.54 Å². The summed E-state index contributed by atoms with van der Waals surface area (Å²) in [4.78, 5) is 28.9. The van der Waals surface area contributed by atoms with E-state index < -0.39 is 11.5 Å². The Hall–Kier alpha value is -2.96. The average Bonchev–Trinajstić information content (AvgIpc) is 2.45. The van der Waals surface area contributed by atoms with Gasteiger partial charge in [-0.2, -0.15) is 0 Å². The van der Waals surface area contributed by atoms with E-state index in [9.17, 15) is 14.7 Å². The molecule has 0 unspecified atom stereocenters. The number of carbonyl (C=O) groups is 1. The topological polar surface area (TPSA) is 119 Å². The van der Waals surface area contributed by atoms with Crippen molar-refractivity contribution in [2.75, 3.05) is 0 Å². The van der Waals surface area contributed by atoms with E-state index in [2.05, 4.69) is 15.3 Å². The fourth-order valence-corrected chi connectivity index (χ4v) is 1.59. The van der Waals surface area contributed by atoms with Gasteiger partial charge in [0.15, 0.2) is 0 Å². The lowest BCUT2D eigenvalue weighted by Crippen LogP contribution is -2.25. The quantitative estimate of drug-likeness (QED) is 0.602. The molecule has 0 atom stereocenters. The molecular weight excluding hydrogens is 260 g/mol. The summed E-state index contributed by atoms with van der Waals surface area (Å²) in [6, 6.07) is 5.83. The van der Waals surface area contributed by atoms with Crippen LogP contribution in [0.15, 0.2) is 35.4 Å². The monoisotopic (exact) mass is 272 g/mol. The van der Waals surface area contributed by atoms with Crippen molar-refractivity contribution < 1.29 is 9.90 Å². The van der Waals surface area contributed by atoms with Crippen LogP contribution in [0, 0.1) is 5.41 Å². The number of aromatic amines is 1. The number of phenolic OH excluding ortho intramolecular Hbond substituents is 1. The van der Waals surface area contributed by atoms with Gasteiger partial charge >= 0.3 is 0 Å². The van der Waals surface area contributed by atoms with Crippen molar-refractivity contribution in [2.24, 2.45) is 0 Å². The van der Waals surface area contributed by atoms with Gasteiger partial charge in [-0.3, -0.25) is 9.59 Å². The Morgan fingerprint density at radius 3 is 2.90 bits per heavy atom. The zero-order valence-electron chi connectivity index (χ0n) is 10.4. The molecule has 20 heavy (non-hydrogen) atoms. The number of amides is 1. The molecule has 0 spiro atoms. The largest absolute Gasteiger partial charge is 0.507 e. The Kier molecular flexibility index (Phi) is 3.90. The summed E-state index contributed by atoms with van der Waals surface area (Å²) in [5.41, 5.74) is 0.690. The molecule has 0 saturated heterocycles. The van der Waals surface area contributed by atoms with Crippen LogP contribution in [0.2, 0.25) is 0 Å². The smallest absolute Gasteiger partial charge is 0.270 e. The van der Waals surface area contributed by atoms with E-state index in [1.165, 1.54) is 6.07 Å². The van der Waals surface area contributed by atoms with Gasteiger partial charge in [0.1, 0.15) is 11.4 Å². The van der Waals surface area contributed by atoms with Crippen LogP contribution in [0.25, 0.3) is 0 Å². The van der Waals surface area contributed by atoms with Crippen LogP contribution in [0.3, 0.4) is 0 Å². The Morgan fingerprint density at radius 2 is 2.25 bits per heavy atom. The van der Waals surface area contributed by atoms with Gasteiger partial charge in [0, 0.05) is 24.4 Å². The molecule has 4 N–H and O–H groups in total. The van der Waals surface area contributed by atoms with Crippen LogP contribution < -0.4 is 10.9 Å². The van der Waals surface area contributed by atoms with E-state index in [-0.39, 0.29) is 18.0 Å². The average molecular weight is 272 g/mol. The molecule has 0 aliphatic rings. The Balaban J connectivity index is 2.05. The van der Waals surface area contributed by atoms with Crippen LogP contribution >= 0.6 is 0 Å². The minimum atomic E-state index is -0.480. The fraction of sp³-hybridized carbons (Fsp3) is 0.0769. The van der Waals surface area contributed by atoms with Crippen molar-refractivity contribution in [1.82, 2.24) is 15.3 Å². The van der Waals surface area contributed by atoms with Gasteiger partial charge in [-0.1, -0.05) is 6.07 Å². The third-order valence-electron chi connectivity index (χ3n) is 2.61. The van der Waals surface area contributed by atoms with Crippen molar-refractivity contribution in [3.8, 4) is 5.75 Å². The summed E-state index contributed by atoms with van der Waals surface area (Å²) >= 11 is 0.